The molecule has 2 N–H and O–H groups in total. The van der Waals surface area contributed by atoms with Crippen molar-refractivity contribution in [3.63, 3.8) is 0 Å². The van der Waals surface area contributed by atoms with Gasteiger partial charge in [0, 0.05) is 23.2 Å². The van der Waals surface area contributed by atoms with E-state index in [1.54, 1.807) is 30.3 Å². The topological polar surface area (TPSA) is 52.9 Å². The smallest absolute Gasteiger partial charge is 0.417 e. The predicted molar refractivity (Wildman–Crippen MR) is 101 cm³/mol. The minimum Gasteiger partial charge on any atom is -0.489 e. The molecule has 1 saturated heterocycles. The molecule has 3 rings (SSSR count). The molecule has 0 radical (unpaired) electrons. The molecule has 8 heteroatoms. The van der Waals surface area contributed by atoms with Crippen LogP contribution < -0.4 is 4.74 Å². The third-order valence-corrected chi connectivity index (χ3v) is 5.92. The number of hydrogen-bond acceptors (Lipinski definition) is 5. The van der Waals surface area contributed by atoms with Crippen LogP contribution in [-0.2, 0) is 12.8 Å². The molecule has 1 aliphatic rings. The zero-order valence-electron chi connectivity index (χ0n) is 15.1. The Hall–Kier alpha value is -1.74. The van der Waals surface area contributed by atoms with Crippen LogP contribution in [0.4, 0.5) is 13.2 Å². The van der Waals surface area contributed by atoms with Gasteiger partial charge in [-0.05, 0) is 36.2 Å². The molecule has 4 nitrogen and oxygen atoms in total. The number of aliphatic hydroxyl groups is 2. The molecule has 2 aromatic carbocycles. The number of nitrogens with zero attached hydrogens (tertiary/aromatic N) is 1. The van der Waals surface area contributed by atoms with Crippen molar-refractivity contribution in [3.05, 3.63) is 59.7 Å². The molecule has 0 amide bonds. The summed E-state index contributed by atoms with van der Waals surface area (Å²) < 4.78 is 45.0. The number of thioether (sulfide) groups is 1. The molecule has 0 aromatic heterocycles. The number of likely N-dealkylation sites (tertiary alicyclic amines) is 1. The Balaban J connectivity index is 1.52. The SMILES string of the molecule is OCc1ccc(OCC(O)N2CCC(Sc3ccccc3C(F)(F)F)C2)cc1. The van der Waals surface area contributed by atoms with Crippen molar-refractivity contribution in [1.82, 2.24) is 4.90 Å². The summed E-state index contributed by atoms with van der Waals surface area (Å²) in [6.45, 7) is 1.10. The first-order valence-electron chi connectivity index (χ1n) is 8.94. The zero-order chi connectivity index (χ0) is 20.1. The fraction of sp³-hybridized carbons (Fsp3) is 0.400. The van der Waals surface area contributed by atoms with Crippen LogP contribution in [0.3, 0.4) is 0 Å². The molecule has 1 aliphatic heterocycles. The predicted octanol–water partition coefficient (Wildman–Crippen LogP) is 3.76. The highest BCUT2D eigenvalue weighted by Crippen LogP contribution is 2.39. The summed E-state index contributed by atoms with van der Waals surface area (Å²) in [4.78, 5) is 2.03. The average Bonchev–Trinajstić information content (AvgIpc) is 3.14. The van der Waals surface area contributed by atoms with Crippen molar-refractivity contribution in [2.45, 2.75) is 35.6 Å². The van der Waals surface area contributed by atoms with Crippen molar-refractivity contribution in [2.24, 2.45) is 0 Å². The third kappa shape index (κ3) is 5.41. The number of hydrogen-bond donors (Lipinski definition) is 2. The Morgan fingerprint density at radius 1 is 1.14 bits per heavy atom. The van der Waals surface area contributed by atoms with Crippen LogP contribution in [0, 0.1) is 0 Å². The van der Waals surface area contributed by atoms with E-state index in [9.17, 15) is 18.3 Å². The van der Waals surface area contributed by atoms with E-state index in [4.69, 9.17) is 9.84 Å². The second-order valence-electron chi connectivity index (χ2n) is 6.61. The third-order valence-electron chi connectivity index (χ3n) is 4.59. The van der Waals surface area contributed by atoms with Crippen LogP contribution in [0.1, 0.15) is 17.5 Å². The van der Waals surface area contributed by atoms with Gasteiger partial charge in [-0.1, -0.05) is 24.3 Å². The lowest BCUT2D eigenvalue weighted by Crippen LogP contribution is -2.38. The molecular formula is C20H22F3NO3S. The Morgan fingerprint density at radius 3 is 2.54 bits per heavy atom. The van der Waals surface area contributed by atoms with Crippen LogP contribution >= 0.6 is 11.8 Å². The maximum atomic E-state index is 13.1. The van der Waals surface area contributed by atoms with Crippen molar-refractivity contribution in [3.8, 4) is 5.75 Å². The van der Waals surface area contributed by atoms with Gasteiger partial charge < -0.3 is 14.9 Å². The Morgan fingerprint density at radius 2 is 1.86 bits per heavy atom. The monoisotopic (exact) mass is 413 g/mol. The van der Waals surface area contributed by atoms with Gasteiger partial charge in [0.2, 0.25) is 0 Å². The van der Waals surface area contributed by atoms with E-state index >= 15 is 0 Å². The summed E-state index contributed by atoms with van der Waals surface area (Å²) in [5.74, 6) is 0.584. The Kier molecular flexibility index (Phi) is 6.87. The van der Waals surface area contributed by atoms with Gasteiger partial charge in [-0.25, -0.2) is 0 Å². The number of aliphatic hydroxyl groups excluding tert-OH is 2. The first-order valence-corrected chi connectivity index (χ1v) is 9.82. The summed E-state index contributed by atoms with van der Waals surface area (Å²) in [6, 6.07) is 12.5. The summed E-state index contributed by atoms with van der Waals surface area (Å²) in [5.41, 5.74) is 0.153. The summed E-state index contributed by atoms with van der Waals surface area (Å²) in [6.07, 6.45) is -4.51. The van der Waals surface area contributed by atoms with E-state index in [0.29, 0.717) is 25.3 Å². The fourth-order valence-corrected chi connectivity index (χ4v) is 4.39. The van der Waals surface area contributed by atoms with Crippen molar-refractivity contribution >= 4 is 11.8 Å². The highest BCUT2D eigenvalue weighted by Gasteiger charge is 2.35. The van der Waals surface area contributed by atoms with Crippen molar-refractivity contribution in [1.29, 1.82) is 0 Å². The number of ether oxygens (including phenoxy) is 1. The maximum absolute atomic E-state index is 13.1. The van der Waals surface area contributed by atoms with Gasteiger partial charge in [0.25, 0.3) is 0 Å². The highest BCUT2D eigenvalue weighted by molar-refractivity contribution is 8.00. The van der Waals surface area contributed by atoms with Crippen LogP contribution in [0.15, 0.2) is 53.4 Å². The maximum Gasteiger partial charge on any atom is 0.417 e. The van der Waals surface area contributed by atoms with Gasteiger partial charge in [-0.3, -0.25) is 4.90 Å². The number of rotatable bonds is 7. The van der Waals surface area contributed by atoms with Crippen LogP contribution in [0.5, 0.6) is 5.75 Å². The van der Waals surface area contributed by atoms with E-state index in [2.05, 4.69) is 0 Å². The molecule has 2 unspecified atom stereocenters. The minimum absolute atomic E-state index is 0.0259. The molecule has 0 spiro atoms. The lowest BCUT2D eigenvalue weighted by molar-refractivity contribution is -0.139. The van der Waals surface area contributed by atoms with Crippen molar-refractivity contribution in [2.75, 3.05) is 19.7 Å². The van der Waals surface area contributed by atoms with Crippen molar-refractivity contribution < 1.29 is 28.1 Å². The quantitative estimate of drug-likeness (QED) is 0.724. The van der Waals surface area contributed by atoms with Gasteiger partial charge in [-0.2, -0.15) is 13.2 Å². The summed E-state index contributed by atoms with van der Waals surface area (Å²) in [7, 11) is 0. The molecular weight excluding hydrogens is 391 g/mol. The Labute approximate surface area is 165 Å². The summed E-state index contributed by atoms with van der Waals surface area (Å²) in [5, 5.41) is 19.4. The van der Waals surface area contributed by atoms with Crippen LogP contribution in [-0.4, -0.2) is 46.3 Å². The molecule has 1 heterocycles. The fourth-order valence-electron chi connectivity index (χ4n) is 3.07. The van der Waals surface area contributed by atoms with E-state index in [1.165, 1.54) is 23.9 Å². The van der Waals surface area contributed by atoms with Gasteiger partial charge in [0.05, 0.1) is 12.2 Å². The molecule has 28 heavy (non-hydrogen) atoms. The first kappa shape index (κ1) is 21.0. The summed E-state index contributed by atoms with van der Waals surface area (Å²) >= 11 is 1.21. The Bertz CT molecular complexity index is 770. The molecule has 1 fully saturated rings. The average molecular weight is 413 g/mol. The van der Waals surface area contributed by atoms with Gasteiger partial charge in [0.15, 0.2) is 0 Å². The zero-order valence-corrected chi connectivity index (χ0v) is 15.9. The normalized spacial score (nSPS) is 19.0. The second-order valence-corrected chi connectivity index (χ2v) is 7.95. The number of benzene rings is 2. The first-order chi connectivity index (χ1) is 13.4. The highest BCUT2D eigenvalue weighted by atomic mass is 32.2. The van der Waals surface area contributed by atoms with Crippen LogP contribution in [0.25, 0.3) is 0 Å². The van der Waals surface area contributed by atoms with Gasteiger partial charge in [0.1, 0.15) is 18.6 Å². The lowest BCUT2D eigenvalue weighted by atomic mass is 10.2. The van der Waals surface area contributed by atoms with Crippen LogP contribution in [0.2, 0.25) is 0 Å². The van der Waals surface area contributed by atoms with Gasteiger partial charge in [-0.15, -0.1) is 11.8 Å². The number of halogens is 3. The van der Waals surface area contributed by atoms with E-state index in [-0.39, 0.29) is 23.4 Å². The standard InChI is InChI=1S/C20H22F3NO3S/c21-20(22,23)17-3-1-2-4-18(17)28-16-9-10-24(11-16)19(26)13-27-15-7-5-14(12-25)6-8-15/h1-8,16,19,25-26H,9-13H2. The van der Waals surface area contributed by atoms with E-state index in [1.807, 2.05) is 4.90 Å². The largest absolute Gasteiger partial charge is 0.489 e. The molecule has 0 saturated carbocycles. The lowest BCUT2D eigenvalue weighted by Gasteiger charge is -2.23. The van der Waals surface area contributed by atoms with Gasteiger partial charge >= 0.3 is 6.18 Å². The molecule has 0 bridgehead atoms. The second kappa shape index (κ2) is 9.17. The van der Waals surface area contributed by atoms with E-state index < -0.39 is 18.0 Å². The minimum atomic E-state index is -4.37. The molecule has 0 aliphatic carbocycles. The molecule has 152 valence electrons. The molecule has 2 atom stereocenters. The number of alkyl halides is 3. The molecule has 2 aromatic rings. The van der Waals surface area contributed by atoms with E-state index in [0.717, 1.165) is 11.6 Å².